The van der Waals surface area contributed by atoms with Gasteiger partial charge in [0.2, 0.25) is 17.7 Å². The molecule has 4 N–H and O–H groups in total. The zero-order valence-corrected chi connectivity index (χ0v) is 14.6. The molecule has 0 saturated carbocycles. The summed E-state index contributed by atoms with van der Waals surface area (Å²) in [4.78, 5) is 48.3. The van der Waals surface area contributed by atoms with E-state index in [0.29, 0.717) is 0 Å². The number of hydrogen-bond donors (Lipinski definition) is 3. The van der Waals surface area contributed by atoms with Crippen molar-refractivity contribution in [2.75, 3.05) is 6.54 Å². The Balaban J connectivity index is 0.00000484. The van der Waals surface area contributed by atoms with Crippen molar-refractivity contribution in [2.45, 2.75) is 52.2 Å². The number of hydrogen-bond acceptors (Lipinski definition) is 5. The van der Waals surface area contributed by atoms with Crippen LogP contribution < -0.4 is 16.4 Å². The number of nitrogens with one attached hydrogen (secondary N) is 2. The fourth-order valence-electron chi connectivity index (χ4n) is 2.14. The Labute approximate surface area is 141 Å². The number of amides is 4. The van der Waals surface area contributed by atoms with Gasteiger partial charge < -0.3 is 16.4 Å². The molecule has 1 unspecified atom stereocenters. The maximum absolute atomic E-state index is 12.0. The second-order valence-corrected chi connectivity index (χ2v) is 6.01. The van der Waals surface area contributed by atoms with Gasteiger partial charge in [0, 0.05) is 6.04 Å². The summed E-state index contributed by atoms with van der Waals surface area (Å²) in [7, 11) is 0. The number of imide groups is 1. The Morgan fingerprint density at radius 1 is 1.26 bits per heavy atom. The first-order chi connectivity index (χ1) is 10.1. The third kappa shape index (κ3) is 5.47. The molecule has 0 radical (unpaired) electrons. The first-order valence-corrected chi connectivity index (χ1v) is 7.33. The van der Waals surface area contributed by atoms with Gasteiger partial charge in [0.1, 0.15) is 6.04 Å². The van der Waals surface area contributed by atoms with Crippen LogP contribution in [0, 0.1) is 5.92 Å². The summed E-state index contributed by atoms with van der Waals surface area (Å²) in [6.07, 6.45) is -0.0534. The molecule has 0 aromatic carbocycles. The van der Waals surface area contributed by atoms with Crippen molar-refractivity contribution in [3.05, 3.63) is 0 Å². The number of nitrogens with two attached hydrogens (primary N) is 1. The summed E-state index contributed by atoms with van der Waals surface area (Å²) in [5.41, 5.74) is 5.65. The van der Waals surface area contributed by atoms with Crippen LogP contribution in [0.25, 0.3) is 0 Å². The van der Waals surface area contributed by atoms with E-state index in [1.165, 1.54) is 0 Å². The lowest BCUT2D eigenvalue weighted by molar-refractivity contribution is -0.141. The zero-order valence-electron chi connectivity index (χ0n) is 13.8. The highest BCUT2D eigenvalue weighted by Crippen LogP contribution is 2.15. The Kier molecular flexibility index (Phi) is 8.19. The van der Waals surface area contributed by atoms with E-state index >= 15 is 0 Å². The van der Waals surface area contributed by atoms with Crippen molar-refractivity contribution in [3.8, 4) is 0 Å². The van der Waals surface area contributed by atoms with E-state index in [4.69, 9.17) is 5.73 Å². The number of halogens is 1. The summed E-state index contributed by atoms with van der Waals surface area (Å²) >= 11 is 0. The lowest BCUT2D eigenvalue weighted by atomic mass is 10.1. The standard InChI is InChI=1S/C14H24N4O4.ClH/c1-7(2)12(15)13(21)16-6-10(19)17-9-5-11(20)18(8(3)4)14(9)22;/h7-9,12H,5-6,15H2,1-4H3,(H,16,21)(H,17,19);1H/t9?,12-;/m0./s1. The van der Waals surface area contributed by atoms with Crippen LogP contribution in [0.2, 0.25) is 0 Å². The highest BCUT2D eigenvalue weighted by atomic mass is 35.5. The molecule has 2 atom stereocenters. The van der Waals surface area contributed by atoms with Crippen LogP contribution in [0.5, 0.6) is 0 Å². The highest BCUT2D eigenvalue weighted by Gasteiger charge is 2.40. The minimum Gasteiger partial charge on any atom is -0.346 e. The van der Waals surface area contributed by atoms with Gasteiger partial charge in [-0.3, -0.25) is 24.1 Å². The monoisotopic (exact) mass is 348 g/mol. The van der Waals surface area contributed by atoms with E-state index in [9.17, 15) is 19.2 Å². The molecule has 0 aliphatic carbocycles. The second kappa shape index (κ2) is 8.83. The molecule has 8 nitrogen and oxygen atoms in total. The summed E-state index contributed by atoms with van der Waals surface area (Å²) in [6.45, 7) is 6.78. The van der Waals surface area contributed by atoms with E-state index in [0.717, 1.165) is 4.90 Å². The van der Waals surface area contributed by atoms with Crippen molar-refractivity contribution >= 4 is 36.0 Å². The molecule has 1 rings (SSSR count). The first kappa shape index (κ1) is 21.3. The van der Waals surface area contributed by atoms with Crippen molar-refractivity contribution in [1.82, 2.24) is 15.5 Å². The van der Waals surface area contributed by atoms with E-state index in [2.05, 4.69) is 10.6 Å². The molecular formula is C14H25ClN4O4. The third-order valence-electron chi connectivity index (χ3n) is 3.48. The van der Waals surface area contributed by atoms with Crippen LogP contribution in [-0.4, -0.2) is 53.2 Å². The Hall–Kier alpha value is -1.67. The summed E-state index contributed by atoms with van der Waals surface area (Å²) in [5.74, 6) is -1.73. The maximum Gasteiger partial charge on any atom is 0.252 e. The molecule has 1 aliphatic rings. The zero-order chi connectivity index (χ0) is 17.0. The van der Waals surface area contributed by atoms with E-state index in [1.54, 1.807) is 27.7 Å². The van der Waals surface area contributed by atoms with Crippen LogP contribution in [-0.2, 0) is 19.2 Å². The smallest absolute Gasteiger partial charge is 0.252 e. The first-order valence-electron chi connectivity index (χ1n) is 7.33. The predicted molar refractivity (Wildman–Crippen MR) is 86.6 cm³/mol. The van der Waals surface area contributed by atoms with Crippen LogP contribution in [0.1, 0.15) is 34.1 Å². The molecule has 0 spiro atoms. The second-order valence-electron chi connectivity index (χ2n) is 6.01. The third-order valence-corrected chi connectivity index (χ3v) is 3.48. The average Bonchev–Trinajstić information content (AvgIpc) is 2.69. The van der Waals surface area contributed by atoms with Crippen LogP contribution in [0.3, 0.4) is 0 Å². The highest BCUT2D eigenvalue weighted by molar-refractivity contribution is 6.07. The fraction of sp³-hybridized carbons (Fsp3) is 0.714. The van der Waals surface area contributed by atoms with Gasteiger partial charge in [-0.2, -0.15) is 0 Å². The van der Waals surface area contributed by atoms with Gasteiger partial charge in [-0.15, -0.1) is 12.4 Å². The normalized spacial score (nSPS) is 18.9. The van der Waals surface area contributed by atoms with Gasteiger partial charge in [-0.25, -0.2) is 0 Å². The predicted octanol–water partition coefficient (Wildman–Crippen LogP) is -0.840. The summed E-state index contributed by atoms with van der Waals surface area (Å²) < 4.78 is 0. The summed E-state index contributed by atoms with van der Waals surface area (Å²) in [6, 6.07) is -1.80. The largest absolute Gasteiger partial charge is 0.346 e. The minimum absolute atomic E-state index is 0. The van der Waals surface area contributed by atoms with Crippen molar-refractivity contribution in [3.63, 3.8) is 0 Å². The lowest BCUT2D eigenvalue weighted by Gasteiger charge is -2.19. The molecule has 1 saturated heterocycles. The number of carbonyl (C=O) groups is 4. The Morgan fingerprint density at radius 3 is 2.26 bits per heavy atom. The number of nitrogens with zero attached hydrogens (tertiary/aromatic N) is 1. The maximum atomic E-state index is 12.0. The van der Waals surface area contributed by atoms with Gasteiger partial charge in [0.25, 0.3) is 5.91 Å². The summed E-state index contributed by atoms with van der Waals surface area (Å²) in [5, 5.41) is 4.87. The number of carbonyl (C=O) groups excluding carboxylic acids is 4. The van der Waals surface area contributed by atoms with Gasteiger partial charge in [-0.1, -0.05) is 13.8 Å². The molecule has 0 aromatic heterocycles. The van der Waals surface area contributed by atoms with Crippen molar-refractivity contribution in [1.29, 1.82) is 0 Å². The van der Waals surface area contributed by atoms with Gasteiger partial charge in [0.05, 0.1) is 19.0 Å². The van der Waals surface area contributed by atoms with Crippen molar-refractivity contribution < 1.29 is 19.2 Å². The van der Waals surface area contributed by atoms with Crippen LogP contribution in [0.15, 0.2) is 0 Å². The Morgan fingerprint density at radius 2 is 1.83 bits per heavy atom. The van der Waals surface area contributed by atoms with Crippen LogP contribution >= 0.6 is 12.4 Å². The lowest BCUT2D eigenvalue weighted by Crippen LogP contribution is -2.50. The van der Waals surface area contributed by atoms with E-state index < -0.39 is 29.8 Å². The van der Waals surface area contributed by atoms with E-state index in [1.807, 2.05) is 0 Å². The van der Waals surface area contributed by atoms with Gasteiger partial charge in [0.15, 0.2) is 0 Å². The number of rotatable bonds is 6. The van der Waals surface area contributed by atoms with Crippen LogP contribution in [0.4, 0.5) is 0 Å². The molecule has 1 fully saturated rings. The molecule has 0 bridgehead atoms. The molecule has 23 heavy (non-hydrogen) atoms. The molecule has 1 heterocycles. The molecule has 0 aromatic rings. The quantitative estimate of drug-likeness (QED) is 0.540. The molecular weight excluding hydrogens is 324 g/mol. The molecule has 9 heteroatoms. The fourth-order valence-corrected chi connectivity index (χ4v) is 2.14. The van der Waals surface area contributed by atoms with E-state index in [-0.39, 0.29) is 43.2 Å². The molecule has 1 aliphatic heterocycles. The van der Waals surface area contributed by atoms with Crippen molar-refractivity contribution in [2.24, 2.45) is 11.7 Å². The van der Waals surface area contributed by atoms with Gasteiger partial charge >= 0.3 is 0 Å². The molecule has 4 amide bonds. The van der Waals surface area contributed by atoms with Gasteiger partial charge in [-0.05, 0) is 19.8 Å². The Bertz CT molecular complexity index is 481. The average molecular weight is 349 g/mol. The SMILES string of the molecule is CC(C)[C@H](N)C(=O)NCC(=O)NC1CC(=O)N(C(C)C)C1=O.Cl. The number of likely N-dealkylation sites (tertiary alicyclic amines) is 1. The topological polar surface area (TPSA) is 122 Å². The minimum atomic E-state index is -0.863. The molecule has 132 valence electrons.